The Morgan fingerprint density at radius 2 is 0.493 bits per heavy atom. The number of carbonyl (C=O) groups is 3. The van der Waals surface area contributed by atoms with Crippen LogP contribution in [0.15, 0.2) is 24.3 Å². The first-order valence-corrected chi connectivity index (χ1v) is 32.8. The van der Waals surface area contributed by atoms with Gasteiger partial charge in [0.2, 0.25) is 0 Å². The van der Waals surface area contributed by atoms with E-state index in [4.69, 9.17) is 14.2 Å². The molecule has 0 bridgehead atoms. The predicted molar refractivity (Wildman–Crippen MR) is 316 cm³/mol. The lowest BCUT2D eigenvalue weighted by Crippen LogP contribution is -2.30. The Morgan fingerprint density at radius 1 is 0.274 bits per heavy atom. The molecule has 0 saturated carbocycles. The molecule has 6 heteroatoms. The summed E-state index contributed by atoms with van der Waals surface area (Å²) in [6.07, 6.45) is 74.7. The first-order chi connectivity index (χ1) is 36.0. The van der Waals surface area contributed by atoms with E-state index < -0.39 is 6.10 Å². The Labute approximate surface area is 455 Å². The summed E-state index contributed by atoms with van der Waals surface area (Å²) in [7, 11) is 0. The average Bonchev–Trinajstić information content (AvgIpc) is 3.39. The van der Waals surface area contributed by atoms with Gasteiger partial charge in [-0.05, 0) is 51.4 Å². The highest BCUT2D eigenvalue weighted by molar-refractivity contribution is 5.71. The van der Waals surface area contributed by atoms with E-state index in [0.717, 1.165) is 70.6 Å². The van der Waals surface area contributed by atoms with E-state index in [9.17, 15) is 14.4 Å². The molecular weight excluding hydrogens is 901 g/mol. The molecule has 0 amide bonds. The number of rotatable bonds is 61. The maximum atomic E-state index is 12.9. The second-order valence-electron chi connectivity index (χ2n) is 22.4. The van der Waals surface area contributed by atoms with Gasteiger partial charge < -0.3 is 14.2 Å². The summed E-state index contributed by atoms with van der Waals surface area (Å²) in [6.45, 7) is 6.69. The van der Waals surface area contributed by atoms with Gasteiger partial charge in [0.25, 0.3) is 0 Å². The molecule has 0 aromatic rings. The third-order valence-electron chi connectivity index (χ3n) is 15.0. The monoisotopic (exact) mass is 1030 g/mol. The van der Waals surface area contributed by atoms with Crippen molar-refractivity contribution in [3.8, 4) is 0 Å². The van der Waals surface area contributed by atoms with Crippen LogP contribution in [0.2, 0.25) is 0 Å². The summed E-state index contributed by atoms with van der Waals surface area (Å²) in [6, 6.07) is 0. The fourth-order valence-electron chi connectivity index (χ4n) is 10.0. The second kappa shape index (κ2) is 62.4. The number of hydrogen-bond acceptors (Lipinski definition) is 6. The molecule has 0 heterocycles. The van der Waals surface area contributed by atoms with Crippen molar-refractivity contribution in [3.63, 3.8) is 0 Å². The maximum Gasteiger partial charge on any atom is 0.306 e. The zero-order chi connectivity index (χ0) is 52.9. The standard InChI is InChI=1S/C67H126O6/c1-4-7-10-13-16-19-22-25-28-31-33-36-39-42-45-48-51-54-57-60-66(69)72-63-64(62-71-65(68)59-56-53-50-47-44-41-38-35-30-27-24-21-18-15-12-9-6-3)73-67(70)61-58-55-52-49-46-43-40-37-34-32-29-26-23-20-17-14-11-8-5-2/h18,21,27,30,64H,4-17,19-20,22-26,28-29,31-63H2,1-3H3/b21-18+,30-27+/t64-/m1/s1. The highest BCUT2D eigenvalue weighted by Gasteiger charge is 2.19. The van der Waals surface area contributed by atoms with Crippen LogP contribution in [0.1, 0.15) is 367 Å². The van der Waals surface area contributed by atoms with Crippen molar-refractivity contribution in [3.05, 3.63) is 24.3 Å². The molecule has 0 saturated heterocycles. The Balaban J connectivity index is 4.31. The normalized spacial score (nSPS) is 12.1. The Hall–Kier alpha value is -2.11. The van der Waals surface area contributed by atoms with E-state index in [2.05, 4.69) is 45.1 Å². The summed E-state index contributed by atoms with van der Waals surface area (Å²) in [5.74, 6) is -0.845. The molecule has 430 valence electrons. The molecule has 0 radical (unpaired) electrons. The van der Waals surface area contributed by atoms with Gasteiger partial charge >= 0.3 is 17.9 Å². The van der Waals surface area contributed by atoms with Crippen LogP contribution in [0.25, 0.3) is 0 Å². The molecule has 73 heavy (non-hydrogen) atoms. The van der Waals surface area contributed by atoms with Gasteiger partial charge in [0.05, 0.1) is 0 Å². The van der Waals surface area contributed by atoms with Gasteiger partial charge in [-0.3, -0.25) is 14.4 Å². The van der Waals surface area contributed by atoms with E-state index in [1.165, 1.54) is 257 Å². The summed E-state index contributed by atoms with van der Waals surface area (Å²) in [4.78, 5) is 38.4. The molecule has 1 atom stereocenters. The fraction of sp³-hybridized carbons (Fsp3) is 0.896. The lowest BCUT2D eigenvalue weighted by Gasteiger charge is -2.18. The van der Waals surface area contributed by atoms with Crippen LogP contribution in [0.4, 0.5) is 0 Å². The number of unbranched alkanes of at least 4 members (excludes halogenated alkanes) is 46. The summed E-state index contributed by atoms with van der Waals surface area (Å²) < 4.78 is 17.0. The topological polar surface area (TPSA) is 78.9 Å². The minimum absolute atomic E-state index is 0.0673. The minimum atomic E-state index is -0.771. The lowest BCUT2D eigenvalue weighted by molar-refractivity contribution is -0.167. The van der Waals surface area contributed by atoms with Crippen LogP contribution in [0.3, 0.4) is 0 Å². The van der Waals surface area contributed by atoms with Gasteiger partial charge in [-0.15, -0.1) is 0 Å². The van der Waals surface area contributed by atoms with E-state index in [1.807, 2.05) is 0 Å². The summed E-state index contributed by atoms with van der Waals surface area (Å²) in [5, 5.41) is 0. The van der Waals surface area contributed by atoms with Crippen molar-refractivity contribution in [2.24, 2.45) is 0 Å². The number of ether oxygens (including phenoxy) is 3. The van der Waals surface area contributed by atoms with Gasteiger partial charge in [-0.1, -0.05) is 321 Å². The minimum Gasteiger partial charge on any atom is -0.462 e. The van der Waals surface area contributed by atoms with Gasteiger partial charge in [0.15, 0.2) is 6.10 Å². The quantitative estimate of drug-likeness (QED) is 0.0261. The average molecular weight is 1030 g/mol. The van der Waals surface area contributed by atoms with Crippen LogP contribution in [-0.4, -0.2) is 37.2 Å². The highest BCUT2D eigenvalue weighted by atomic mass is 16.6. The zero-order valence-corrected chi connectivity index (χ0v) is 49.4. The fourth-order valence-corrected chi connectivity index (χ4v) is 10.0. The van der Waals surface area contributed by atoms with E-state index in [0.29, 0.717) is 19.3 Å². The maximum absolute atomic E-state index is 12.9. The molecule has 0 unspecified atom stereocenters. The summed E-state index contributed by atoms with van der Waals surface area (Å²) >= 11 is 0. The molecule has 0 spiro atoms. The molecular formula is C67H126O6. The van der Waals surface area contributed by atoms with Crippen molar-refractivity contribution in [2.45, 2.75) is 374 Å². The van der Waals surface area contributed by atoms with Crippen LogP contribution >= 0.6 is 0 Å². The van der Waals surface area contributed by atoms with E-state index >= 15 is 0 Å². The van der Waals surface area contributed by atoms with Crippen molar-refractivity contribution < 1.29 is 28.6 Å². The Bertz CT molecular complexity index is 1180. The molecule has 0 aliphatic heterocycles. The molecule has 0 rings (SSSR count). The molecule has 0 aliphatic carbocycles. The van der Waals surface area contributed by atoms with Gasteiger partial charge in [0, 0.05) is 19.3 Å². The van der Waals surface area contributed by atoms with E-state index in [1.54, 1.807) is 0 Å². The largest absolute Gasteiger partial charge is 0.462 e. The van der Waals surface area contributed by atoms with Crippen molar-refractivity contribution in [1.82, 2.24) is 0 Å². The van der Waals surface area contributed by atoms with E-state index in [-0.39, 0.29) is 31.1 Å². The zero-order valence-electron chi connectivity index (χ0n) is 49.4. The van der Waals surface area contributed by atoms with Crippen molar-refractivity contribution in [1.29, 1.82) is 0 Å². The first-order valence-electron chi connectivity index (χ1n) is 32.8. The summed E-state index contributed by atoms with van der Waals surface area (Å²) in [5.41, 5.74) is 0. The number of carbonyl (C=O) groups excluding carboxylic acids is 3. The number of esters is 3. The van der Waals surface area contributed by atoms with Gasteiger partial charge in [0.1, 0.15) is 13.2 Å². The molecule has 0 aliphatic rings. The van der Waals surface area contributed by atoms with Crippen molar-refractivity contribution in [2.75, 3.05) is 13.2 Å². The second-order valence-corrected chi connectivity index (χ2v) is 22.4. The molecule has 0 aromatic carbocycles. The lowest BCUT2D eigenvalue weighted by atomic mass is 10.0. The SMILES string of the molecule is CCCCC/C=C/C/C=C/CCCCCCCCCC(=O)OC[C@H](COC(=O)CCCCCCCCCCCCCCCCCCCCC)OC(=O)CCCCCCCCCCCCCCCCCCCCC. The van der Waals surface area contributed by atoms with Crippen molar-refractivity contribution >= 4 is 17.9 Å². The smallest absolute Gasteiger partial charge is 0.306 e. The number of allylic oxidation sites excluding steroid dienone is 4. The Kier molecular flexibility index (Phi) is 60.6. The number of hydrogen-bond donors (Lipinski definition) is 0. The molecule has 0 aromatic heterocycles. The third-order valence-corrected chi connectivity index (χ3v) is 15.0. The van der Waals surface area contributed by atoms with Crippen LogP contribution in [0.5, 0.6) is 0 Å². The highest BCUT2D eigenvalue weighted by Crippen LogP contribution is 2.18. The third kappa shape index (κ3) is 60.6. The van der Waals surface area contributed by atoms with Crippen LogP contribution < -0.4 is 0 Å². The van der Waals surface area contributed by atoms with Gasteiger partial charge in [-0.25, -0.2) is 0 Å². The molecule has 0 fully saturated rings. The Morgan fingerprint density at radius 3 is 0.781 bits per heavy atom. The predicted octanol–water partition coefficient (Wildman–Crippen LogP) is 22.2. The molecule has 6 nitrogen and oxygen atoms in total. The van der Waals surface area contributed by atoms with Crippen LogP contribution in [-0.2, 0) is 28.6 Å². The molecule has 0 N–H and O–H groups in total. The van der Waals surface area contributed by atoms with Gasteiger partial charge in [-0.2, -0.15) is 0 Å². The van der Waals surface area contributed by atoms with Crippen LogP contribution in [0, 0.1) is 0 Å². The first kappa shape index (κ1) is 70.9.